The zero-order valence-electron chi connectivity index (χ0n) is 18.6. The molecule has 1 N–H and O–H groups in total. The molecule has 4 saturated carbocycles. The van der Waals surface area contributed by atoms with Gasteiger partial charge in [-0.05, 0) is 74.5 Å². The van der Waals surface area contributed by atoms with E-state index in [0.717, 1.165) is 55.8 Å². The summed E-state index contributed by atoms with van der Waals surface area (Å²) in [5.74, 6) is 3.08. The summed E-state index contributed by atoms with van der Waals surface area (Å²) >= 11 is 6.15. The molecule has 2 heterocycles. The fraction of sp³-hybridized carbons (Fsp3) is 0.583. The van der Waals surface area contributed by atoms with E-state index in [-0.39, 0.29) is 16.1 Å². The molecule has 0 radical (unpaired) electrons. The molecule has 1 aromatic heterocycles. The molecule has 4 bridgehead atoms. The second-order valence-electron chi connectivity index (χ2n) is 10.4. The molecule has 174 valence electrons. The van der Waals surface area contributed by atoms with Gasteiger partial charge in [0.15, 0.2) is 0 Å². The molecule has 0 amide bonds. The van der Waals surface area contributed by atoms with Crippen molar-refractivity contribution in [3.8, 4) is 0 Å². The summed E-state index contributed by atoms with van der Waals surface area (Å²) in [6.45, 7) is 2.81. The van der Waals surface area contributed by atoms with Gasteiger partial charge in [0.1, 0.15) is 6.33 Å². The molecule has 1 aliphatic heterocycles. The Hall–Kier alpha value is -2.61. The Balaban J connectivity index is 1.24. The van der Waals surface area contributed by atoms with E-state index in [1.807, 2.05) is 29.2 Å². The number of benzene rings is 1. The van der Waals surface area contributed by atoms with Gasteiger partial charge in [-0.2, -0.15) is 0 Å². The fourth-order valence-electron chi connectivity index (χ4n) is 7.22. The first-order chi connectivity index (χ1) is 16.0. The van der Waals surface area contributed by atoms with E-state index >= 15 is 0 Å². The number of aromatic nitrogens is 2. The van der Waals surface area contributed by atoms with Crippen LogP contribution in [0.4, 0.5) is 23.0 Å². The number of anilines is 3. The minimum Gasteiger partial charge on any atom is -0.368 e. The molecule has 2 aromatic rings. The molecule has 1 saturated heterocycles. The topological polar surface area (TPSA) is 87.4 Å². The maximum absolute atomic E-state index is 12.2. The number of hydrogen-bond donors (Lipinski definition) is 1. The summed E-state index contributed by atoms with van der Waals surface area (Å²) in [5.41, 5.74) is 1.05. The van der Waals surface area contributed by atoms with Crippen molar-refractivity contribution in [2.75, 3.05) is 41.3 Å². The van der Waals surface area contributed by atoms with Crippen LogP contribution in [0, 0.1) is 27.9 Å². The zero-order valence-corrected chi connectivity index (χ0v) is 19.4. The highest BCUT2D eigenvalue weighted by molar-refractivity contribution is 6.30. The largest absolute Gasteiger partial charge is 0.368 e. The molecular weight excluding hydrogens is 440 g/mol. The van der Waals surface area contributed by atoms with E-state index in [1.54, 1.807) is 0 Å². The Labute approximate surface area is 198 Å². The predicted octanol–water partition coefficient (Wildman–Crippen LogP) is 4.75. The van der Waals surface area contributed by atoms with Crippen molar-refractivity contribution >= 4 is 34.6 Å². The zero-order chi connectivity index (χ0) is 22.6. The van der Waals surface area contributed by atoms with Crippen molar-refractivity contribution < 1.29 is 4.92 Å². The van der Waals surface area contributed by atoms with E-state index < -0.39 is 0 Å². The van der Waals surface area contributed by atoms with Crippen LogP contribution in [0.1, 0.15) is 38.5 Å². The molecule has 0 atom stereocenters. The summed E-state index contributed by atoms with van der Waals surface area (Å²) in [4.78, 5) is 25.0. The van der Waals surface area contributed by atoms with E-state index in [9.17, 15) is 10.1 Å². The Morgan fingerprint density at radius 3 is 2.24 bits per heavy atom. The first kappa shape index (κ1) is 21.0. The van der Waals surface area contributed by atoms with Crippen LogP contribution in [0.25, 0.3) is 0 Å². The number of rotatable bonds is 5. The normalized spacial score (nSPS) is 30.5. The van der Waals surface area contributed by atoms with Crippen LogP contribution in [0.5, 0.6) is 0 Å². The van der Waals surface area contributed by atoms with Gasteiger partial charge in [0.2, 0.25) is 11.6 Å². The third kappa shape index (κ3) is 3.88. The highest BCUT2D eigenvalue weighted by Gasteiger charge is 2.51. The van der Waals surface area contributed by atoms with E-state index in [0.29, 0.717) is 29.7 Å². The third-order valence-electron chi connectivity index (χ3n) is 8.16. The van der Waals surface area contributed by atoms with Gasteiger partial charge >= 0.3 is 5.69 Å². The van der Waals surface area contributed by atoms with Gasteiger partial charge in [-0.15, -0.1) is 0 Å². The summed E-state index contributed by atoms with van der Waals surface area (Å²) in [6, 6.07) is 7.81. The number of piperazine rings is 1. The van der Waals surface area contributed by atoms with Gasteiger partial charge in [0.05, 0.1) is 4.92 Å². The van der Waals surface area contributed by atoms with Crippen molar-refractivity contribution in [2.24, 2.45) is 17.8 Å². The molecule has 33 heavy (non-hydrogen) atoms. The average Bonchev–Trinajstić information content (AvgIpc) is 2.78. The number of nitrogens with one attached hydrogen (secondary N) is 1. The predicted molar refractivity (Wildman–Crippen MR) is 129 cm³/mol. The minimum absolute atomic E-state index is 0.0180. The first-order valence-electron chi connectivity index (χ1n) is 12.0. The van der Waals surface area contributed by atoms with Crippen LogP contribution in [0.15, 0.2) is 30.6 Å². The average molecular weight is 469 g/mol. The fourth-order valence-corrected chi connectivity index (χ4v) is 7.41. The highest BCUT2D eigenvalue weighted by Crippen LogP contribution is 2.57. The van der Waals surface area contributed by atoms with Crippen LogP contribution < -0.4 is 15.1 Å². The highest BCUT2D eigenvalue weighted by atomic mass is 35.5. The maximum Gasteiger partial charge on any atom is 0.353 e. The van der Waals surface area contributed by atoms with Gasteiger partial charge in [0.25, 0.3) is 0 Å². The molecule has 0 spiro atoms. The SMILES string of the molecule is O=[N+]([O-])c1c(NC23CC4CC(CC(C4)C2)C3)ncnc1N1CCN(c2cccc(Cl)c2)CC1. The lowest BCUT2D eigenvalue weighted by Gasteiger charge is -2.57. The molecule has 5 fully saturated rings. The standard InChI is InChI=1S/C24H29ClN6O2/c25-19-2-1-3-20(11-19)29-4-6-30(7-5-29)23-21(31(32)33)22(26-15-27-23)28-24-12-16-8-17(13-24)10-18(9-16)14-24/h1-3,11,15-18H,4-10,12-14H2,(H,26,27,28). The van der Waals surface area contributed by atoms with Crippen molar-refractivity contribution in [1.82, 2.24) is 9.97 Å². The van der Waals surface area contributed by atoms with Crippen LogP contribution in [-0.4, -0.2) is 46.6 Å². The first-order valence-corrected chi connectivity index (χ1v) is 12.4. The van der Waals surface area contributed by atoms with Gasteiger partial charge in [-0.25, -0.2) is 9.97 Å². The lowest BCUT2D eigenvalue weighted by atomic mass is 9.53. The summed E-state index contributed by atoms with van der Waals surface area (Å²) in [5, 5.41) is 16.6. The van der Waals surface area contributed by atoms with Gasteiger partial charge in [-0.1, -0.05) is 17.7 Å². The number of hydrogen-bond acceptors (Lipinski definition) is 7. The Morgan fingerprint density at radius 1 is 1.00 bits per heavy atom. The Kier molecular flexibility index (Phi) is 5.09. The maximum atomic E-state index is 12.2. The van der Waals surface area contributed by atoms with Crippen molar-refractivity contribution in [3.63, 3.8) is 0 Å². The van der Waals surface area contributed by atoms with Crippen molar-refractivity contribution in [3.05, 3.63) is 45.7 Å². The van der Waals surface area contributed by atoms with E-state index in [2.05, 4.69) is 20.2 Å². The summed E-state index contributed by atoms with van der Waals surface area (Å²) in [6.07, 6.45) is 8.78. The lowest BCUT2D eigenvalue weighted by molar-refractivity contribution is -0.383. The minimum atomic E-state index is -0.304. The summed E-state index contributed by atoms with van der Waals surface area (Å²) in [7, 11) is 0. The molecule has 1 aromatic carbocycles. The molecule has 8 nitrogen and oxygen atoms in total. The number of halogens is 1. The third-order valence-corrected chi connectivity index (χ3v) is 8.39. The lowest BCUT2D eigenvalue weighted by Crippen LogP contribution is -2.55. The molecular formula is C24H29ClN6O2. The van der Waals surface area contributed by atoms with Crippen LogP contribution >= 0.6 is 11.6 Å². The summed E-state index contributed by atoms with van der Waals surface area (Å²) < 4.78 is 0. The second kappa shape index (κ2) is 8.01. The van der Waals surface area contributed by atoms with Crippen LogP contribution in [0.2, 0.25) is 5.02 Å². The van der Waals surface area contributed by atoms with E-state index in [4.69, 9.17) is 11.6 Å². The smallest absolute Gasteiger partial charge is 0.353 e. The van der Waals surface area contributed by atoms with Gasteiger partial charge in [-0.3, -0.25) is 10.1 Å². The van der Waals surface area contributed by atoms with Gasteiger partial charge in [0, 0.05) is 42.4 Å². The molecule has 0 unspecified atom stereocenters. The van der Waals surface area contributed by atoms with Crippen LogP contribution in [0.3, 0.4) is 0 Å². The van der Waals surface area contributed by atoms with Crippen molar-refractivity contribution in [2.45, 2.75) is 44.1 Å². The molecule has 7 rings (SSSR count). The number of nitrogens with zero attached hydrogens (tertiary/aromatic N) is 5. The van der Waals surface area contributed by atoms with Gasteiger partial charge < -0.3 is 15.1 Å². The Morgan fingerprint density at radius 2 is 1.64 bits per heavy atom. The quantitative estimate of drug-likeness (QED) is 0.500. The molecule has 4 aliphatic carbocycles. The monoisotopic (exact) mass is 468 g/mol. The van der Waals surface area contributed by atoms with E-state index in [1.165, 1.54) is 25.6 Å². The van der Waals surface area contributed by atoms with Crippen molar-refractivity contribution in [1.29, 1.82) is 0 Å². The van der Waals surface area contributed by atoms with Crippen LogP contribution in [-0.2, 0) is 0 Å². The molecule has 5 aliphatic rings. The second-order valence-corrected chi connectivity index (χ2v) is 10.9. The molecule has 9 heteroatoms. The Bertz CT molecular complexity index is 1040. The number of nitro groups is 1.